The molecule has 0 radical (unpaired) electrons. The molecule has 0 saturated carbocycles. The molecule has 1 heterocycles. The lowest BCUT2D eigenvalue weighted by Gasteiger charge is -1.94. The summed E-state index contributed by atoms with van der Waals surface area (Å²) in [6, 6.07) is 9.93. The van der Waals surface area contributed by atoms with Crippen LogP contribution < -0.4 is 0 Å². The maximum Gasteiger partial charge on any atom is 0.221 e. The van der Waals surface area contributed by atoms with Crippen LogP contribution in [0.15, 0.2) is 53.2 Å². The highest BCUT2D eigenvalue weighted by Gasteiger charge is 2.03. The van der Waals surface area contributed by atoms with Gasteiger partial charge in [-0.3, -0.25) is 4.79 Å². The second-order valence-electron chi connectivity index (χ2n) is 3.27. The molecule has 0 aliphatic rings. The third-order valence-corrected chi connectivity index (χ3v) is 2.06. The van der Waals surface area contributed by atoms with Gasteiger partial charge < -0.3 is 9.52 Å². The summed E-state index contributed by atoms with van der Waals surface area (Å²) >= 11 is 0. The number of phenolic OH excluding ortho intramolecular Hbond substituents is 1. The van der Waals surface area contributed by atoms with Crippen LogP contribution >= 0.6 is 0 Å². The topological polar surface area (TPSA) is 50.4 Å². The summed E-state index contributed by atoms with van der Waals surface area (Å²) in [6.45, 7) is 0. The number of phenols is 1. The first kappa shape index (κ1) is 10.2. The van der Waals surface area contributed by atoms with Crippen LogP contribution in [-0.2, 0) is 0 Å². The van der Waals surface area contributed by atoms with Crippen LogP contribution in [0, 0.1) is 0 Å². The summed E-state index contributed by atoms with van der Waals surface area (Å²) in [5, 5.41) is 9.22. The minimum absolute atomic E-state index is 0.174. The van der Waals surface area contributed by atoms with Crippen LogP contribution in [0.2, 0.25) is 0 Å². The van der Waals surface area contributed by atoms with E-state index in [0.29, 0.717) is 5.76 Å². The molecule has 0 bridgehead atoms. The fourth-order valence-corrected chi connectivity index (χ4v) is 1.30. The zero-order valence-electron chi connectivity index (χ0n) is 8.46. The van der Waals surface area contributed by atoms with Crippen molar-refractivity contribution in [2.75, 3.05) is 0 Å². The fourth-order valence-electron chi connectivity index (χ4n) is 1.30. The number of benzene rings is 1. The van der Waals surface area contributed by atoms with E-state index < -0.39 is 0 Å². The predicted molar refractivity (Wildman–Crippen MR) is 60.2 cm³/mol. The first-order valence-electron chi connectivity index (χ1n) is 4.80. The molecule has 1 aromatic carbocycles. The molecule has 0 unspecified atom stereocenters. The van der Waals surface area contributed by atoms with Gasteiger partial charge in [0.1, 0.15) is 5.75 Å². The first-order valence-corrected chi connectivity index (χ1v) is 4.80. The number of hydrogen-bond donors (Lipinski definition) is 1. The molecule has 0 aliphatic heterocycles. The molecular formula is C13H10O3. The van der Waals surface area contributed by atoms with E-state index in [1.807, 2.05) is 0 Å². The van der Waals surface area contributed by atoms with Gasteiger partial charge in [0.25, 0.3) is 0 Å². The van der Waals surface area contributed by atoms with Crippen LogP contribution in [0.4, 0.5) is 0 Å². The summed E-state index contributed by atoms with van der Waals surface area (Å²) in [4.78, 5) is 11.5. The summed E-state index contributed by atoms with van der Waals surface area (Å²) in [6.07, 6.45) is 4.49. The highest BCUT2D eigenvalue weighted by atomic mass is 16.3. The van der Waals surface area contributed by atoms with Crippen LogP contribution in [0.5, 0.6) is 5.75 Å². The Morgan fingerprint density at radius 2 is 2.12 bits per heavy atom. The maximum absolute atomic E-state index is 11.5. The standard InChI is InChI=1S/C13H10O3/c14-11-4-1-3-10(9-11)6-7-12(15)13-5-2-8-16-13/h1-9,14H/b7-6+. The van der Waals surface area contributed by atoms with Crippen molar-refractivity contribution in [1.29, 1.82) is 0 Å². The van der Waals surface area contributed by atoms with E-state index in [4.69, 9.17) is 4.42 Å². The van der Waals surface area contributed by atoms with Crippen LogP contribution in [0.3, 0.4) is 0 Å². The van der Waals surface area contributed by atoms with Gasteiger partial charge in [0.05, 0.1) is 6.26 Å². The number of aromatic hydroxyl groups is 1. The molecule has 0 aliphatic carbocycles. The zero-order valence-corrected chi connectivity index (χ0v) is 8.46. The zero-order chi connectivity index (χ0) is 11.4. The molecule has 3 heteroatoms. The number of carbonyl (C=O) groups excluding carboxylic acids is 1. The molecule has 1 aromatic heterocycles. The van der Waals surface area contributed by atoms with Crippen LogP contribution in [0.25, 0.3) is 6.08 Å². The molecule has 2 aromatic rings. The highest BCUT2D eigenvalue weighted by molar-refractivity contribution is 6.04. The smallest absolute Gasteiger partial charge is 0.221 e. The van der Waals surface area contributed by atoms with Gasteiger partial charge in [-0.2, -0.15) is 0 Å². The average molecular weight is 214 g/mol. The van der Waals surface area contributed by atoms with E-state index >= 15 is 0 Å². The van der Waals surface area contributed by atoms with Gasteiger partial charge in [0.15, 0.2) is 5.76 Å². The average Bonchev–Trinajstić information content (AvgIpc) is 2.79. The van der Waals surface area contributed by atoms with Crippen LogP contribution in [0.1, 0.15) is 16.1 Å². The third kappa shape index (κ3) is 2.39. The molecule has 0 atom stereocenters. The third-order valence-electron chi connectivity index (χ3n) is 2.06. The Morgan fingerprint density at radius 1 is 1.25 bits per heavy atom. The molecule has 0 amide bonds. The normalized spacial score (nSPS) is 10.8. The molecule has 0 saturated heterocycles. The van der Waals surface area contributed by atoms with Crippen molar-refractivity contribution >= 4 is 11.9 Å². The molecule has 2 rings (SSSR count). The number of furan rings is 1. The first-order chi connectivity index (χ1) is 7.75. The Morgan fingerprint density at radius 3 is 2.81 bits per heavy atom. The van der Waals surface area contributed by atoms with Crippen molar-refractivity contribution in [2.24, 2.45) is 0 Å². The number of carbonyl (C=O) groups is 1. The SMILES string of the molecule is O=C(/C=C/c1cccc(O)c1)c1ccco1. The van der Waals surface area contributed by atoms with E-state index in [9.17, 15) is 9.90 Å². The van der Waals surface area contributed by atoms with Crippen molar-refractivity contribution in [3.63, 3.8) is 0 Å². The highest BCUT2D eigenvalue weighted by Crippen LogP contribution is 2.12. The molecule has 0 fully saturated rings. The monoisotopic (exact) mass is 214 g/mol. The van der Waals surface area contributed by atoms with Crippen molar-refractivity contribution in [3.05, 3.63) is 60.1 Å². The van der Waals surface area contributed by atoms with Crippen molar-refractivity contribution in [2.45, 2.75) is 0 Å². The number of allylic oxidation sites excluding steroid dienone is 1. The van der Waals surface area contributed by atoms with Gasteiger partial charge in [-0.15, -0.1) is 0 Å². The van der Waals surface area contributed by atoms with Gasteiger partial charge in [-0.1, -0.05) is 18.2 Å². The Hall–Kier alpha value is -2.29. The predicted octanol–water partition coefficient (Wildman–Crippen LogP) is 2.88. The second kappa shape index (κ2) is 4.49. The molecule has 1 N–H and O–H groups in total. The van der Waals surface area contributed by atoms with E-state index in [1.165, 1.54) is 12.3 Å². The quantitative estimate of drug-likeness (QED) is 0.631. The van der Waals surface area contributed by atoms with Crippen molar-refractivity contribution < 1.29 is 14.3 Å². The molecule has 3 nitrogen and oxygen atoms in total. The van der Waals surface area contributed by atoms with Crippen LogP contribution in [-0.4, -0.2) is 10.9 Å². The molecular weight excluding hydrogens is 204 g/mol. The number of ketones is 1. The van der Waals surface area contributed by atoms with Gasteiger partial charge in [0.2, 0.25) is 5.78 Å². The van der Waals surface area contributed by atoms with Crippen molar-refractivity contribution in [3.8, 4) is 5.75 Å². The van der Waals surface area contributed by atoms with E-state index in [1.54, 1.807) is 42.5 Å². The van der Waals surface area contributed by atoms with E-state index in [-0.39, 0.29) is 11.5 Å². The lowest BCUT2D eigenvalue weighted by molar-refractivity contribution is 0.102. The summed E-state index contributed by atoms with van der Waals surface area (Å²) in [7, 11) is 0. The Balaban J connectivity index is 2.13. The van der Waals surface area contributed by atoms with Crippen molar-refractivity contribution in [1.82, 2.24) is 0 Å². The molecule has 16 heavy (non-hydrogen) atoms. The van der Waals surface area contributed by atoms with Gasteiger partial charge in [0, 0.05) is 0 Å². The number of rotatable bonds is 3. The summed E-state index contributed by atoms with van der Waals surface area (Å²) in [5.41, 5.74) is 0.764. The summed E-state index contributed by atoms with van der Waals surface area (Å²) in [5.74, 6) is 0.275. The second-order valence-corrected chi connectivity index (χ2v) is 3.27. The molecule has 80 valence electrons. The van der Waals surface area contributed by atoms with Gasteiger partial charge in [-0.05, 0) is 35.9 Å². The Kier molecular flexibility index (Phi) is 2.87. The summed E-state index contributed by atoms with van der Waals surface area (Å²) < 4.78 is 4.96. The lowest BCUT2D eigenvalue weighted by Crippen LogP contribution is -1.90. The Labute approximate surface area is 92.6 Å². The van der Waals surface area contributed by atoms with E-state index in [2.05, 4.69) is 0 Å². The maximum atomic E-state index is 11.5. The fraction of sp³-hybridized carbons (Fsp3) is 0. The number of hydrogen-bond acceptors (Lipinski definition) is 3. The van der Waals surface area contributed by atoms with Gasteiger partial charge in [-0.25, -0.2) is 0 Å². The Bertz CT molecular complexity index is 510. The minimum Gasteiger partial charge on any atom is -0.508 e. The molecule has 0 spiro atoms. The minimum atomic E-state index is -0.201. The van der Waals surface area contributed by atoms with Gasteiger partial charge >= 0.3 is 0 Å². The largest absolute Gasteiger partial charge is 0.508 e. The van der Waals surface area contributed by atoms with E-state index in [0.717, 1.165) is 5.56 Å². The lowest BCUT2D eigenvalue weighted by atomic mass is 10.2.